The number of hydrogen-bond acceptors (Lipinski definition) is 4. The molecule has 8 heteroatoms. The van der Waals surface area contributed by atoms with Gasteiger partial charge in [-0.3, -0.25) is 14.4 Å². The van der Waals surface area contributed by atoms with Gasteiger partial charge in [-0.25, -0.2) is 4.39 Å². The molecular weight excluding hydrogens is 622 g/mol. The van der Waals surface area contributed by atoms with Gasteiger partial charge in [0, 0.05) is 27.4 Å². The molecule has 6 rings (SSSR count). The minimum absolute atomic E-state index is 0.135. The molecule has 0 aliphatic rings. The highest BCUT2D eigenvalue weighted by Crippen LogP contribution is 2.37. The van der Waals surface area contributed by atoms with Crippen molar-refractivity contribution in [3.8, 4) is 0 Å². The third-order valence-electron chi connectivity index (χ3n) is 7.44. The molecule has 0 aromatic heterocycles. The molecule has 6 nitrogen and oxygen atoms in total. The first kappa shape index (κ1) is 32.0. The first-order valence-electron chi connectivity index (χ1n) is 15.2. The van der Waals surface area contributed by atoms with Crippen LogP contribution in [-0.4, -0.2) is 17.7 Å². The first-order valence-corrected chi connectivity index (χ1v) is 16.1. The van der Waals surface area contributed by atoms with Gasteiger partial charge < -0.3 is 16.0 Å². The fourth-order valence-electron chi connectivity index (χ4n) is 5.05. The van der Waals surface area contributed by atoms with Gasteiger partial charge in [0.25, 0.3) is 11.8 Å². The van der Waals surface area contributed by atoms with E-state index in [2.05, 4.69) is 16.0 Å². The van der Waals surface area contributed by atoms with Crippen LogP contribution in [0.15, 0.2) is 162 Å². The van der Waals surface area contributed by atoms with Crippen molar-refractivity contribution in [2.45, 2.75) is 10.1 Å². The monoisotopic (exact) mass is 651 g/mol. The van der Waals surface area contributed by atoms with Crippen molar-refractivity contribution in [1.82, 2.24) is 5.32 Å². The zero-order chi connectivity index (χ0) is 33.3. The number of rotatable bonds is 10. The van der Waals surface area contributed by atoms with E-state index in [9.17, 15) is 18.8 Å². The maximum Gasteiger partial charge on any atom is 0.272 e. The molecule has 0 spiro atoms. The Morgan fingerprint density at radius 1 is 0.625 bits per heavy atom. The average molecular weight is 652 g/mol. The second kappa shape index (κ2) is 15.1. The van der Waals surface area contributed by atoms with E-state index in [0.29, 0.717) is 16.9 Å². The second-order valence-electron chi connectivity index (χ2n) is 10.8. The highest BCUT2D eigenvalue weighted by molar-refractivity contribution is 8.00. The number of carbonyl (C=O) groups excluding carboxylic acids is 3. The molecule has 6 aromatic carbocycles. The largest absolute Gasteiger partial charge is 0.325 e. The predicted molar refractivity (Wildman–Crippen MR) is 191 cm³/mol. The van der Waals surface area contributed by atoms with Crippen LogP contribution in [0.25, 0.3) is 16.8 Å². The Bertz CT molecular complexity index is 2120. The minimum atomic E-state index is -0.640. The fourth-order valence-corrected chi connectivity index (χ4v) is 6.13. The number of nitrogens with one attached hydrogen (secondary N) is 3. The first-order chi connectivity index (χ1) is 23.4. The third-order valence-corrected chi connectivity index (χ3v) is 8.69. The van der Waals surface area contributed by atoms with Crippen LogP contribution in [0.5, 0.6) is 0 Å². The molecule has 0 aliphatic heterocycles. The lowest BCUT2D eigenvalue weighted by Crippen LogP contribution is -2.30. The summed E-state index contributed by atoms with van der Waals surface area (Å²) in [5, 5.41) is 10.0. The molecule has 1 unspecified atom stereocenters. The van der Waals surface area contributed by atoms with Crippen LogP contribution in [0, 0.1) is 5.82 Å². The van der Waals surface area contributed by atoms with Crippen molar-refractivity contribution in [1.29, 1.82) is 0 Å². The van der Waals surface area contributed by atoms with E-state index in [0.717, 1.165) is 21.2 Å². The van der Waals surface area contributed by atoms with Gasteiger partial charge in [-0.1, -0.05) is 103 Å². The van der Waals surface area contributed by atoms with Crippen LogP contribution in [-0.2, 0) is 9.59 Å². The molecule has 48 heavy (non-hydrogen) atoms. The number of thioether (sulfide) groups is 1. The molecule has 3 N–H and O–H groups in total. The Morgan fingerprint density at radius 2 is 1.29 bits per heavy atom. The molecule has 0 heterocycles. The summed E-state index contributed by atoms with van der Waals surface area (Å²) in [4.78, 5) is 41.0. The summed E-state index contributed by atoms with van der Waals surface area (Å²) in [7, 11) is 0. The molecule has 0 saturated heterocycles. The van der Waals surface area contributed by atoms with E-state index in [4.69, 9.17) is 0 Å². The highest BCUT2D eigenvalue weighted by Gasteiger charge is 2.23. The molecule has 3 amide bonds. The van der Waals surface area contributed by atoms with Gasteiger partial charge >= 0.3 is 0 Å². The van der Waals surface area contributed by atoms with E-state index >= 15 is 0 Å². The van der Waals surface area contributed by atoms with Gasteiger partial charge in [0.15, 0.2) is 0 Å². The molecular formula is C40H30FN3O3S. The summed E-state index contributed by atoms with van der Waals surface area (Å²) in [5.74, 6) is -1.89. The van der Waals surface area contributed by atoms with Gasteiger partial charge in [-0.15, -0.1) is 11.8 Å². The number of amides is 3. The quantitative estimate of drug-likeness (QED) is 0.102. The Morgan fingerprint density at radius 3 is 2.06 bits per heavy atom. The molecule has 0 aliphatic carbocycles. The van der Waals surface area contributed by atoms with Crippen molar-refractivity contribution in [3.05, 3.63) is 180 Å². The van der Waals surface area contributed by atoms with Crippen LogP contribution >= 0.6 is 11.8 Å². The van der Waals surface area contributed by atoms with Crippen molar-refractivity contribution in [3.63, 3.8) is 0 Å². The zero-order valence-corrected chi connectivity index (χ0v) is 26.4. The van der Waals surface area contributed by atoms with E-state index in [-0.39, 0.29) is 17.2 Å². The van der Waals surface area contributed by atoms with Gasteiger partial charge in [0.2, 0.25) is 5.91 Å². The van der Waals surface area contributed by atoms with E-state index in [1.54, 1.807) is 60.7 Å². The van der Waals surface area contributed by atoms with Crippen molar-refractivity contribution < 1.29 is 18.8 Å². The zero-order valence-electron chi connectivity index (χ0n) is 25.6. The Hall–Kier alpha value is -5.99. The Balaban J connectivity index is 1.23. The molecule has 6 aromatic rings. The Kier molecular flexibility index (Phi) is 10.0. The number of halogens is 1. The smallest absolute Gasteiger partial charge is 0.272 e. The van der Waals surface area contributed by atoms with Crippen molar-refractivity contribution >= 4 is 57.7 Å². The van der Waals surface area contributed by atoms with Gasteiger partial charge in [0.05, 0.1) is 0 Å². The van der Waals surface area contributed by atoms with Crippen LogP contribution in [0.3, 0.4) is 0 Å². The second-order valence-corrected chi connectivity index (χ2v) is 12.0. The normalized spacial score (nSPS) is 11.8. The maximum absolute atomic E-state index is 14.6. The Labute approximate surface area is 281 Å². The highest BCUT2D eigenvalue weighted by atomic mass is 32.2. The molecule has 236 valence electrons. The van der Waals surface area contributed by atoms with Gasteiger partial charge in [0.1, 0.15) is 16.8 Å². The summed E-state index contributed by atoms with van der Waals surface area (Å²) < 4.78 is 14.6. The summed E-state index contributed by atoms with van der Waals surface area (Å²) in [6, 6.07) is 44.7. The number of hydrogen-bond donors (Lipinski definition) is 3. The van der Waals surface area contributed by atoms with E-state index in [1.165, 1.54) is 30.0 Å². The molecule has 0 radical (unpaired) electrons. The molecule has 0 bridgehead atoms. The SMILES string of the molecule is O=C(Nc1cccc(SC(C(=O)Nc2ccc3ccccc3c2)c2ccccc2)c1)/C(=C/c1ccccc1F)NC(=O)c1ccccc1. The van der Waals surface area contributed by atoms with Crippen molar-refractivity contribution in [2.75, 3.05) is 10.6 Å². The van der Waals surface area contributed by atoms with Crippen molar-refractivity contribution in [2.24, 2.45) is 0 Å². The van der Waals surface area contributed by atoms with Crippen LogP contribution < -0.4 is 16.0 Å². The fraction of sp³-hybridized carbons (Fsp3) is 0.0250. The molecule has 0 saturated carbocycles. The summed E-state index contributed by atoms with van der Waals surface area (Å²) in [5.41, 5.74) is 2.28. The lowest BCUT2D eigenvalue weighted by molar-refractivity contribution is -0.116. The lowest BCUT2D eigenvalue weighted by Gasteiger charge is -2.18. The van der Waals surface area contributed by atoms with E-state index < -0.39 is 22.9 Å². The van der Waals surface area contributed by atoms with Crippen LogP contribution in [0.4, 0.5) is 15.8 Å². The summed E-state index contributed by atoms with van der Waals surface area (Å²) in [6.45, 7) is 0. The summed E-state index contributed by atoms with van der Waals surface area (Å²) >= 11 is 1.34. The topological polar surface area (TPSA) is 87.3 Å². The molecule has 0 fully saturated rings. The standard InChI is InChI=1S/C40H30FN3O3S/c41-35-21-10-9-18-31(35)25-36(44-38(45)29-15-5-2-6-16-29)39(46)42-32-19-11-20-34(26-32)48-37(28-13-3-1-4-14-28)40(47)43-33-23-22-27-12-7-8-17-30(27)24-33/h1-26,37H,(H,42,46)(H,43,47)(H,44,45)/b36-25-. The third kappa shape index (κ3) is 8.04. The van der Waals surface area contributed by atoms with Gasteiger partial charge in [-0.05, 0) is 70.9 Å². The predicted octanol–water partition coefficient (Wildman–Crippen LogP) is 8.86. The minimum Gasteiger partial charge on any atom is -0.325 e. The van der Waals surface area contributed by atoms with E-state index in [1.807, 2.05) is 78.9 Å². The van der Waals surface area contributed by atoms with Crippen LogP contribution in [0.1, 0.15) is 26.7 Å². The van der Waals surface area contributed by atoms with Gasteiger partial charge in [-0.2, -0.15) is 0 Å². The maximum atomic E-state index is 14.6. The average Bonchev–Trinajstić information content (AvgIpc) is 3.12. The molecule has 1 atom stereocenters. The van der Waals surface area contributed by atoms with Crippen LogP contribution in [0.2, 0.25) is 0 Å². The lowest BCUT2D eigenvalue weighted by atomic mass is 10.1. The summed E-state index contributed by atoms with van der Waals surface area (Å²) in [6.07, 6.45) is 1.30. The number of anilines is 2. The number of carbonyl (C=O) groups is 3. The number of benzene rings is 6. The number of fused-ring (bicyclic) bond motifs is 1.